The molecular weight excluding hydrogens is 254 g/mol. The van der Waals surface area contributed by atoms with Crippen molar-refractivity contribution in [2.75, 3.05) is 6.61 Å². The largest absolute Gasteiger partial charge is 0.466 e. The summed E-state index contributed by atoms with van der Waals surface area (Å²) in [6.07, 6.45) is 9.62. The fourth-order valence-corrected chi connectivity index (χ4v) is 4.00. The number of nitrogens with zero attached hydrogens (tertiary/aromatic N) is 1. The van der Waals surface area contributed by atoms with Crippen LogP contribution in [-0.4, -0.2) is 24.4 Å². The van der Waals surface area contributed by atoms with Crippen LogP contribution in [0.2, 0.25) is 0 Å². The highest BCUT2D eigenvalue weighted by Crippen LogP contribution is 2.41. The summed E-state index contributed by atoms with van der Waals surface area (Å²) in [6, 6.07) is 0. The van der Waals surface area contributed by atoms with Crippen LogP contribution in [-0.2, 0) is 14.4 Å². The molecule has 3 aliphatic rings. The lowest BCUT2D eigenvalue weighted by molar-refractivity contribution is -0.148. The number of oxime groups is 1. The second-order valence-corrected chi connectivity index (χ2v) is 6.46. The maximum absolute atomic E-state index is 11.9. The van der Waals surface area contributed by atoms with E-state index in [0.29, 0.717) is 12.5 Å². The van der Waals surface area contributed by atoms with Crippen LogP contribution in [0.25, 0.3) is 0 Å². The minimum atomic E-state index is -0.0532. The third-order valence-corrected chi connectivity index (χ3v) is 5.08. The summed E-state index contributed by atoms with van der Waals surface area (Å²) in [5, 5.41) is 4.32. The van der Waals surface area contributed by atoms with Crippen molar-refractivity contribution >= 4 is 11.7 Å². The smallest absolute Gasteiger partial charge is 0.309 e. The van der Waals surface area contributed by atoms with Gasteiger partial charge in [-0.15, -0.1) is 0 Å². The van der Waals surface area contributed by atoms with E-state index < -0.39 is 0 Å². The van der Waals surface area contributed by atoms with Gasteiger partial charge in [0, 0.05) is 12.3 Å². The zero-order chi connectivity index (χ0) is 13.9. The molecule has 3 atom stereocenters. The van der Waals surface area contributed by atoms with E-state index in [-0.39, 0.29) is 18.0 Å². The monoisotopic (exact) mass is 279 g/mol. The van der Waals surface area contributed by atoms with E-state index in [1.807, 2.05) is 6.92 Å². The molecule has 1 aliphatic heterocycles. The molecule has 0 saturated heterocycles. The third kappa shape index (κ3) is 2.84. The van der Waals surface area contributed by atoms with Crippen LogP contribution >= 0.6 is 0 Å². The zero-order valence-corrected chi connectivity index (χ0v) is 12.3. The Morgan fingerprint density at radius 3 is 2.85 bits per heavy atom. The normalized spacial score (nSPS) is 33.5. The van der Waals surface area contributed by atoms with Gasteiger partial charge in [0.1, 0.15) is 6.10 Å². The van der Waals surface area contributed by atoms with Crippen LogP contribution in [0.5, 0.6) is 0 Å². The molecule has 1 heterocycles. The van der Waals surface area contributed by atoms with Gasteiger partial charge in [-0.05, 0) is 25.7 Å². The number of fused-ring (bicyclic) bond motifs is 1. The Labute approximate surface area is 120 Å². The highest BCUT2D eigenvalue weighted by atomic mass is 16.6. The molecule has 3 unspecified atom stereocenters. The van der Waals surface area contributed by atoms with Gasteiger partial charge in [-0.3, -0.25) is 4.79 Å². The van der Waals surface area contributed by atoms with Crippen molar-refractivity contribution in [2.24, 2.45) is 22.9 Å². The summed E-state index contributed by atoms with van der Waals surface area (Å²) < 4.78 is 5.14. The molecule has 0 aromatic rings. The van der Waals surface area contributed by atoms with Crippen molar-refractivity contribution < 1.29 is 14.4 Å². The molecule has 2 saturated carbocycles. The lowest BCUT2D eigenvalue weighted by atomic mass is 9.82. The van der Waals surface area contributed by atoms with E-state index in [1.165, 1.54) is 37.8 Å². The average molecular weight is 279 g/mol. The van der Waals surface area contributed by atoms with E-state index >= 15 is 0 Å². The van der Waals surface area contributed by atoms with Gasteiger partial charge in [0.15, 0.2) is 0 Å². The second kappa shape index (κ2) is 6.15. The first kappa shape index (κ1) is 13.9. The SMILES string of the molecule is CCOC(=O)C1CC2ON=C(CC3CCCCC3)C2C1. The van der Waals surface area contributed by atoms with Crippen molar-refractivity contribution in [1.82, 2.24) is 0 Å². The molecule has 2 fully saturated rings. The van der Waals surface area contributed by atoms with Gasteiger partial charge in [0.2, 0.25) is 0 Å². The lowest BCUT2D eigenvalue weighted by Gasteiger charge is -2.22. The van der Waals surface area contributed by atoms with Crippen molar-refractivity contribution in [3.05, 3.63) is 0 Å². The standard InChI is InChI=1S/C16H25NO3/c1-2-19-16(18)12-9-13-14(17-20-15(13)10-12)8-11-6-4-3-5-7-11/h11-13,15H,2-10H2,1H3. The lowest BCUT2D eigenvalue weighted by Crippen LogP contribution is -2.21. The van der Waals surface area contributed by atoms with Crippen LogP contribution in [0, 0.1) is 17.8 Å². The maximum atomic E-state index is 11.9. The van der Waals surface area contributed by atoms with E-state index in [4.69, 9.17) is 9.57 Å². The topological polar surface area (TPSA) is 47.9 Å². The van der Waals surface area contributed by atoms with Gasteiger partial charge in [-0.25, -0.2) is 0 Å². The van der Waals surface area contributed by atoms with Crippen molar-refractivity contribution in [3.8, 4) is 0 Å². The first-order valence-corrected chi connectivity index (χ1v) is 8.17. The highest BCUT2D eigenvalue weighted by molar-refractivity contribution is 5.89. The Balaban J connectivity index is 1.55. The van der Waals surface area contributed by atoms with Gasteiger partial charge in [0.25, 0.3) is 0 Å². The van der Waals surface area contributed by atoms with Gasteiger partial charge >= 0.3 is 5.97 Å². The van der Waals surface area contributed by atoms with Crippen LogP contribution in [0.15, 0.2) is 5.16 Å². The van der Waals surface area contributed by atoms with E-state index in [0.717, 1.165) is 25.2 Å². The molecule has 2 aliphatic carbocycles. The highest BCUT2D eigenvalue weighted by Gasteiger charge is 2.46. The summed E-state index contributed by atoms with van der Waals surface area (Å²) in [5.41, 5.74) is 1.22. The minimum Gasteiger partial charge on any atom is -0.466 e. The zero-order valence-electron chi connectivity index (χ0n) is 12.3. The molecule has 0 amide bonds. The molecule has 0 spiro atoms. The molecule has 0 aromatic carbocycles. The van der Waals surface area contributed by atoms with Gasteiger partial charge < -0.3 is 9.57 Å². The first-order chi connectivity index (χ1) is 9.78. The number of rotatable bonds is 4. The molecule has 0 aromatic heterocycles. The average Bonchev–Trinajstić information content (AvgIpc) is 3.02. The van der Waals surface area contributed by atoms with Crippen LogP contribution in [0.1, 0.15) is 58.3 Å². The summed E-state index contributed by atoms with van der Waals surface area (Å²) in [7, 11) is 0. The van der Waals surface area contributed by atoms with E-state index in [9.17, 15) is 4.79 Å². The first-order valence-electron chi connectivity index (χ1n) is 8.17. The Morgan fingerprint density at radius 1 is 1.30 bits per heavy atom. The van der Waals surface area contributed by atoms with Gasteiger partial charge in [0.05, 0.1) is 18.2 Å². The number of hydrogen-bond acceptors (Lipinski definition) is 4. The summed E-state index contributed by atoms with van der Waals surface area (Å²) >= 11 is 0. The van der Waals surface area contributed by atoms with Crippen LogP contribution in [0.3, 0.4) is 0 Å². The Hall–Kier alpha value is -1.06. The fraction of sp³-hybridized carbons (Fsp3) is 0.875. The quantitative estimate of drug-likeness (QED) is 0.742. The van der Waals surface area contributed by atoms with Gasteiger partial charge in [-0.2, -0.15) is 0 Å². The fourth-order valence-electron chi connectivity index (χ4n) is 4.00. The molecule has 0 N–H and O–H groups in total. The number of carbonyl (C=O) groups excluding carboxylic acids is 1. The summed E-state index contributed by atoms with van der Waals surface area (Å²) in [6.45, 7) is 2.33. The Kier molecular flexibility index (Phi) is 4.27. The van der Waals surface area contributed by atoms with Crippen molar-refractivity contribution in [2.45, 2.75) is 64.4 Å². The van der Waals surface area contributed by atoms with Gasteiger partial charge in [-0.1, -0.05) is 37.3 Å². The van der Waals surface area contributed by atoms with Crippen molar-refractivity contribution in [1.29, 1.82) is 0 Å². The number of esters is 1. The number of ether oxygens (including phenoxy) is 1. The summed E-state index contributed by atoms with van der Waals surface area (Å²) in [4.78, 5) is 17.4. The van der Waals surface area contributed by atoms with E-state index in [2.05, 4.69) is 5.16 Å². The molecule has 4 heteroatoms. The molecule has 0 bridgehead atoms. The van der Waals surface area contributed by atoms with E-state index in [1.54, 1.807) is 0 Å². The van der Waals surface area contributed by atoms with Crippen LogP contribution < -0.4 is 0 Å². The minimum absolute atomic E-state index is 0.0156. The maximum Gasteiger partial charge on any atom is 0.309 e. The molecule has 4 nitrogen and oxygen atoms in total. The predicted molar refractivity (Wildman–Crippen MR) is 76.3 cm³/mol. The number of hydrogen-bond donors (Lipinski definition) is 0. The van der Waals surface area contributed by atoms with Crippen LogP contribution in [0.4, 0.5) is 0 Å². The molecular formula is C16H25NO3. The molecule has 20 heavy (non-hydrogen) atoms. The van der Waals surface area contributed by atoms with Crippen molar-refractivity contribution in [3.63, 3.8) is 0 Å². The molecule has 112 valence electrons. The third-order valence-electron chi connectivity index (χ3n) is 5.08. The Bertz CT molecular complexity index is 387. The second-order valence-electron chi connectivity index (χ2n) is 6.46. The predicted octanol–water partition coefficient (Wildman–Crippen LogP) is 3.30. The Morgan fingerprint density at radius 2 is 2.10 bits per heavy atom. The summed E-state index contributed by atoms with van der Waals surface area (Å²) in [5.74, 6) is 1.11. The molecule has 3 rings (SSSR count). The number of carbonyl (C=O) groups is 1. The molecule has 0 radical (unpaired) electrons.